The van der Waals surface area contributed by atoms with Crippen LogP contribution in [-0.2, 0) is 6.54 Å². The molecule has 2 aromatic rings. The van der Waals surface area contributed by atoms with Crippen LogP contribution in [0.4, 0.5) is 5.95 Å². The van der Waals surface area contributed by atoms with E-state index in [1.807, 2.05) is 13.8 Å². The summed E-state index contributed by atoms with van der Waals surface area (Å²) >= 11 is 11.3. The molecule has 1 N–H and O–H groups in total. The molecule has 0 aliphatic carbocycles. The first-order valence-corrected chi connectivity index (χ1v) is 5.54. The summed E-state index contributed by atoms with van der Waals surface area (Å²) < 4.78 is 5.04. The number of hydrogen-bond donors (Lipinski definition) is 1. The third kappa shape index (κ3) is 2.83. The van der Waals surface area contributed by atoms with Gasteiger partial charge in [-0.15, -0.1) is 0 Å². The van der Waals surface area contributed by atoms with Gasteiger partial charge in [0.25, 0.3) is 0 Å². The molecule has 0 atom stereocenters. The van der Waals surface area contributed by atoms with Gasteiger partial charge in [-0.05, 0) is 37.0 Å². The second kappa shape index (κ2) is 4.85. The Morgan fingerprint density at radius 3 is 2.29 bits per heavy atom. The predicted octanol–water partition coefficient (Wildman–Crippen LogP) is 2.40. The molecular formula is C9H9Cl2N5O. The van der Waals surface area contributed by atoms with E-state index in [1.54, 1.807) is 0 Å². The van der Waals surface area contributed by atoms with Gasteiger partial charge in [-0.2, -0.15) is 15.0 Å². The monoisotopic (exact) mass is 273 g/mol. The summed E-state index contributed by atoms with van der Waals surface area (Å²) in [6.45, 7) is 4.18. The van der Waals surface area contributed by atoms with Crippen LogP contribution in [0.5, 0.6) is 0 Å². The average Bonchev–Trinajstić information content (AvgIpc) is 2.55. The van der Waals surface area contributed by atoms with Crippen molar-refractivity contribution < 1.29 is 4.52 Å². The van der Waals surface area contributed by atoms with Crippen molar-refractivity contribution in [1.29, 1.82) is 0 Å². The van der Waals surface area contributed by atoms with E-state index in [-0.39, 0.29) is 10.6 Å². The van der Waals surface area contributed by atoms with Gasteiger partial charge >= 0.3 is 0 Å². The minimum absolute atomic E-state index is 0.0475. The Morgan fingerprint density at radius 1 is 1.12 bits per heavy atom. The summed E-state index contributed by atoms with van der Waals surface area (Å²) in [5.74, 6) is 1.07. The van der Waals surface area contributed by atoms with Gasteiger partial charge in [0.1, 0.15) is 5.76 Å². The van der Waals surface area contributed by atoms with Crippen molar-refractivity contribution in [2.75, 3.05) is 5.32 Å². The van der Waals surface area contributed by atoms with Crippen molar-refractivity contribution in [3.63, 3.8) is 0 Å². The summed E-state index contributed by atoms with van der Waals surface area (Å²) in [6, 6.07) is 0. The molecule has 17 heavy (non-hydrogen) atoms. The van der Waals surface area contributed by atoms with Crippen LogP contribution in [0, 0.1) is 13.8 Å². The van der Waals surface area contributed by atoms with Crippen LogP contribution in [0.25, 0.3) is 0 Å². The molecule has 0 fully saturated rings. The van der Waals surface area contributed by atoms with E-state index in [9.17, 15) is 0 Å². The number of aryl methyl sites for hydroxylation is 2. The zero-order valence-corrected chi connectivity index (χ0v) is 10.7. The van der Waals surface area contributed by atoms with Gasteiger partial charge in [0.2, 0.25) is 16.5 Å². The summed E-state index contributed by atoms with van der Waals surface area (Å²) in [7, 11) is 0. The topological polar surface area (TPSA) is 76.7 Å². The second-order valence-electron chi connectivity index (χ2n) is 3.35. The number of anilines is 1. The Bertz CT molecular complexity index is 502. The normalized spacial score (nSPS) is 10.6. The van der Waals surface area contributed by atoms with Gasteiger partial charge in [-0.1, -0.05) is 5.16 Å². The van der Waals surface area contributed by atoms with E-state index in [2.05, 4.69) is 25.4 Å². The molecule has 0 spiro atoms. The lowest BCUT2D eigenvalue weighted by Crippen LogP contribution is -2.06. The highest BCUT2D eigenvalue weighted by molar-refractivity contribution is 6.31. The number of halogens is 2. The predicted molar refractivity (Wildman–Crippen MR) is 63.2 cm³/mol. The maximum atomic E-state index is 5.66. The van der Waals surface area contributed by atoms with Gasteiger partial charge in [-0.3, -0.25) is 0 Å². The van der Waals surface area contributed by atoms with Crippen molar-refractivity contribution in [3.8, 4) is 0 Å². The molecule has 0 amide bonds. The SMILES string of the molecule is Cc1noc(C)c1CNc1nc(Cl)nc(Cl)n1. The van der Waals surface area contributed by atoms with Crippen molar-refractivity contribution in [2.45, 2.75) is 20.4 Å². The van der Waals surface area contributed by atoms with Crippen molar-refractivity contribution in [2.24, 2.45) is 0 Å². The molecule has 0 radical (unpaired) electrons. The molecule has 0 aliphatic heterocycles. The lowest BCUT2D eigenvalue weighted by atomic mass is 10.2. The van der Waals surface area contributed by atoms with E-state index in [4.69, 9.17) is 27.7 Å². The Morgan fingerprint density at radius 2 is 1.76 bits per heavy atom. The zero-order valence-electron chi connectivity index (χ0n) is 9.16. The highest BCUT2D eigenvalue weighted by Gasteiger charge is 2.09. The zero-order chi connectivity index (χ0) is 12.4. The van der Waals surface area contributed by atoms with Crippen LogP contribution in [0.2, 0.25) is 10.6 Å². The van der Waals surface area contributed by atoms with Crippen molar-refractivity contribution in [3.05, 3.63) is 27.6 Å². The molecule has 2 heterocycles. The van der Waals surface area contributed by atoms with E-state index < -0.39 is 0 Å². The minimum Gasteiger partial charge on any atom is -0.361 e. The Hall–Kier alpha value is -1.40. The number of nitrogens with zero attached hydrogens (tertiary/aromatic N) is 4. The first-order valence-electron chi connectivity index (χ1n) is 4.79. The van der Waals surface area contributed by atoms with Gasteiger partial charge < -0.3 is 9.84 Å². The first-order chi connectivity index (χ1) is 8.06. The Balaban J connectivity index is 2.12. The van der Waals surface area contributed by atoms with Gasteiger partial charge in [0, 0.05) is 12.1 Å². The average molecular weight is 274 g/mol. The lowest BCUT2D eigenvalue weighted by molar-refractivity contribution is 0.392. The standard InChI is InChI=1S/C9H9Cl2N5O/c1-4-6(5(2)17-16-4)3-12-9-14-7(10)13-8(11)15-9/h3H2,1-2H3,(H,12,13,14,15). The third-order valence-corrected chi connectivity index (χ3v) is 2.52. The first kappa shape index (κ1) is 12.1. The van der Waals surface area contributed by atoms with Crippen LogP contribution in [0.1, 0.15) is 17.0 Å². The fourth-order valence-electron chi connectivity index (χ4n) is 1.33. The fourth-order valence-corrected chi connectivity index (χ4v) is 1.69. The highest BCUT2D eigenvalue weighted by Crippen LogP contribution is 2.15. The minimum atomic E-state index is 0.0475. The quantitative estimate of drug-likeness (QED) is 0.926. The van der Waals surface area contributed by atoms with E-state index >= 15 is 0 Å². The van der Waals surface area contributed by atoms with Crippen molar-refractivity contribution >= 4 is 29.2 Å². The number of hydrogen-bond acceptors (Lipinski definition) is 6. The molecule has 2 rings (SSSR count). The van der Waals surface area contributed by atoms with Crippen LogP contribution < -0.4 is 5.32 Å². The number of aromatic nitrogens is 4. The van der Waals surface area contributed by atoms with E-state index in [1.165, 1.54) is 0 Å². The molecule has 0 unspecified atom stereocenters. The van der Waals surface area contributed by atoms with Crippen LogP contribution >= 0.6 is 23.2 Å². The molecule has 2 aromatic heterocycles. The lowest BCUT2D eigenvalue weighted by Gasteiger charge is -2.04. The maximum absolute atomic E-state index is 5.66. The van der Waals surface area contributed by atoms with Crippen LogP contribution in [-0.4, -0.2) is 20.1 Å². The molecule has 0 aromatic carbocycles. The largest absolute Gasteiger partial charge is 0.361 e. The number of rotatable bonds is 3. The molecule has 6 nitrogen and oxygen atoms in total. The molecule has 8 heteroatoms. The molecule has 0 bridgehead atoms. The Labute approximate surface area is 107 Å². The second-order valence-corrected chi connectivity index (χ2v) is 4.03. The van der Waals surface area contributed by atoms with Crippen molar-refractivity contribution in [1.82, 2.24) is 20.1 Å². The molecule has 0 saturated carbocycles. The fraction of sp³-hybridized carbons (Fsp3) is 0.333. The summed E-state index contributed by atoms with van der Waals surface area (Å²) in [4.78, 5) is 11.4. The summed E-state index contributed by atoms with van der Waals surface area (Å²) in [5.41, 5.74) is 1.78. The van der Waals surface area contributed by atoms with E-state index in [0.29, 0.717) is 12.5 Å². The maximum Gasteiger partial charge on any atom is 0.228 e. The highest BCUT2D eigenvalue weighted by atomic mass is 35.5. The van der Waals surface area contributed by atoms with Crippen LogP contribution in [0.3, 0.4) is 0 Å². The number of nitrogens with one attached hydrogen (secondary N) is 1. The Kier molecular flexibility index (Phi) is 3.44. The summed E-state index contributed by atoms with van der Waals surface area (Å²) in [5, 5.41) is 6.92. The molecule has 0 saturated heterocycles. The van der Waals surface area contributed by atoms with Gasteiger partial charge in [0.15, 0.2) is 0 Å². The van der Waals surface area contributed by atoms with Gasteiger partial charge in [0.05, 0.1) is 5.69 Å². The molecular weight excluding hydrogens is 265 g/mol. The van der Waals surface area contributed by atoms with Crippen LogP contribution in [0.15, 0.2) is 4.52 Å². The third-order valence-electron chi connectivity index (χ3n) is 2.19. The smallest absolute Gasteiger partial charge is 0.228 e. The summed E-state index contributed by atoms with van der Waals surface area (Å²) in [6.07, 6.45) is 0. The van der Waals surface area contributed by atoms with Gasteiger partial charge in [-0.25, -0.2) is 0 Å². The molecule has 0 aliphatic rings. The molecule has 90 valence electrons. The van der Waals surface area contributed by atoms with E-state index in [0.717, 1.165) is 17.0 Å².